The van der Waals surface area contributed by atoms with Gasteiger partial charge in [-0.2, -0.15) is 0 Å². The number of carbonyl (C=O) groups is 4. The molecule has 0 radical (unpaired) electrons. The summed E-state index contributed by atoms with van der Waals surface area (Å²) in [6.07, 6.45) is 5.53. The fourth-order valence-electron chi connectivity index (χ4n) is 5.28. The number of hydrogen-bond acceptors (Lipinski definition) is 7. The van der Waals surface area contributed by atoms with Crippen molar-refractivity contribution >= 4 is 29.6 Å². The molecule has 3 aliphatic rings. The standard InChI is InChI=1S/C29H39N3O7/c1-29(2,3)39-28(36)31-17-22-24(18-31)38-23(26(34)32(22)15-14-19-8-6-5-7-9-19)16-25(33)30-21-12-10-20(11-13-21)27(35)37-4/h8,10-13,22-24H,5-7,9,14-18H2,1-4H3,(H,30,33). The minimum absolute atomic E-state index is 0.160. The molecule has 10 nitrogen and oxygen atoms in total. The summed E-state index contributed by atoms with van der Waals surface area (Å²) in [5.41, 5.74) is 1.58. The van der Waals surface area contributed by atoms with Crippen molar-refractivity contribution in [1.29, 1.82) is 0 Å². The van der Waals surface area contributed by atoms with E-state index in [0.717, 1.165) is 25.7 Å². The van der Waals surface area contributed by atoms with Crippen molar-refractivity contribution in [3.05, 3.63) is 41.5 Å². The number of fused-ring (bicyclic) bond motifs is 1. The molecule has 10 heteroatoms. The van der Waals surface area contributed by atoms with E-state index in [9.17, 15) is 19.2 Å². The first kappa shape index (κ1) is 28.6. The highest BCUT2D eigenvalue weighted by Crippen LogP contribution is 2.30. The second-order valence-corrected chi connectivity index (χ2v) is 11.3. The summed E-state index contributed by atoms with van der Waals surface area (Å²) < 4.78 is 16.4. The summed E-state index contributed by atoms with van der Waals surface area (Å²) in [5, 5.41) is 2.77. The maximum atomic E-state index is 13.6. The quantitative estimate of drug-likeness (QED) is 0.411. The van der Waals surface area contributed by atoms with Crippen molar-refractivity contribution in [1.82, 2.24) is 9.80 Å². The third-order valence-corrected chi connectivity index (χ3v) is 7.21. The minimum Gasteiger partial charge on any atom is -0.465 e. The zero-order valence-electron chi connectivity index (χ0n) is 23.2. The van der Waals surface area contributed by atoms with E-state index in [1.54, 1.807) is 34.1 Å². The van der Waals surface area contributed by atoms with Crippen molar-refractivity contribution in [2.45, 2.75) is 83.1 Å². The average molecular weight is 542 g/mol. The molecule has 3 unspecified atom stereocenters. The number of carbonyl (C=O) groups excluding carboxylic acids is 4. The van der Waals surface area contributed by atoms with Gasteiger partial charge in [-0.25, -0.2) is 9.59 Å². The fraction of sp³-hybridized carbons (Fsp3) is 0.586. The molecule has 2 aliphatic heterocycles. The van der Waals surface area contributed by atoms with E-state index in [0.29, 0.717) is 30.9 Å². The Morgan fingerprint density at radius 2 is 1.85 bits per heavy atom. The molecule has 1 aromatic rings. The maximum absolute atomic E-state index is 13.6. The lowest BCUT2D eigenvalue weighted by Crippen LogP contribution is -2.58. The number of allylic oxidation sites excluding steroid dienone is 1. The molecule has 0 spiro atoms. The monoisotopic (exact) mass is 541 g/mol. The Bertz CT molecular complexity index is 1110. The van der Waals surface area contributed by atoms with Crippen molar-refractivity contribution in [2.75, 3.05) is 32.1 Å². The molecule has 1 aromatic carbocycles. The van der Waals surface area contributed by atoms with Crippen LogP contribution in [-0.2, 0) is 23.8 Å². The number of nitrogens with zero attached hydrogens (tertiary/aromatic N) is 2. The van der Waals surface area contributed by atoms with Gasteiger partial charge >= 0.3 is 12.1 Å². The van der Waals surface area contributed by atoms with Gasteiger partial charge < -0.3 is 29.3 Å². The van der Waals surface area contributed by atoms with Gasteiger partial charge in [-0.15, -0.1) is 0 Å². The summed E-state index contributed by atoms with van der Waals surface area (Å²) in [6.45, 7) is 6.58. The number of amides is 3. The predicted molar refractivity (Wildman–Crippen MR) is 144 cm³/mol. The topological polar surface area (TPSA) is 114 Å². The zero-order valence-corrected chi connectivity index (χ0v) is 23.2. The number of likely N-dealkylation sites (tertiary alicyclic amines) is 1. The average Bonchev–Trinajstić information content (AvgIpc) is 3.32. The second kappa shape index (κ2) is 12.2. The molecule has 212 valence electrons. The largest absolute Gasteiger partial charge is 0.465 e. The molecule has 3 amide bonds. The maximum Gasteiger partial charge on any atom is 0.410 e. The third kappa shape index (κ3) is 7.38. The molecule has 0 aromatic heterocycles. The van der Waals surface area contributed by atoms with Crippen LogP contribution in [0.15, 0.2) is 35.9 Å². The molecular formula is C29H39N3O7. The van der Waals surface area contributed by atoms with Crippen molar-refractivity contribution < 1.29 is 33.4 Å². The number of nitrogens with one attached hydrogen (secondary N) is 1. The summed E-state index contributed by atoms with van der Waals surface area (Å²) in [6, 6.07) is 6.02. The van der Waals surface area contributed by atoms with Crippen molar-refractivity contribution in [3.63, 3.8) is 0 Å². The first-order valence-corrected chi connectivity index (χ1v) is 13.6. The Labute approximate surface area is 229 Å². The number of anilines is 1. The van der Waals surface area contributed by atoms with Crippen LogP contribution in [0.4, 0.5) is 10.5 Å². The summed E-state index contributed by atoms with van der Waals surface area (Å²) in [5.74, 6) is -1.09. The van der Waals surface area contributed by atoms with Gasteiger partial charge in [0, 0.05) is 18.8 Å². The van der Waals surface area contributed by atoms with Crippen molar-refractivity contribution in [2.24, 2.45) is 0 Å². The van der Waals surface area contributed by atoms with Crippen LogP contribution in [0.2, 0.25) is 0 Å². The molecule has 39 heavy (non-hydrogen) atoms. The number of ether oxygens (including phenoxy) is 3. The lowest BCUT2D eigenvalue weighted by atomic mass is 9.96. The number of rotatable bonds is 7. The van der Waals surface area contributed by atoms with Gasteiger partial charge in [0.05, 0.1) is 37.8 Å². The van der Waals surface area contributed by atoms with Crippen LogP contribution in [0.1, 0.15) is 69.7 Å². The zero-order chi connectivity index (χ0) is 28.2. The molecule has 1 aliphatic carbocycles. The molecule has 3 atom stereocenters. The van der Waals surface area contributed by atoms with E-state index < -0.39 is 29.9 Å². The molecular weight excluding hydrogens is 502 g/mol. The lowest BCUT2D eigenvalue weighted by molar-refractivity contribution is -0.168. The highest BCUT2D eigenvalue weighted by Gasteiger charge is 2.49. The Balaban J connectivity index is 1.44. The summed E-state index contributed by atoms with van der Waals surface area (Å²) in [4.78, 5) is 54.3. The Morgan fingerprint density at radius 1 is 1.10 bits per heavy atom. The Kier molecular flexibility index (Phi) is 8.94. The summed E-state index contributed by atoms with van der Waals surface area (Å²) in [7, 11) is 1.30. The molecule has 2 fully saturated rings. The van der Waals surface area contributed by atoms with Crippen molar-refractivity contribution in [3.8, 4) is 0 Å². The first-order chi connectivity index (χ1) is 18.5. The predicted octanol–water partition coefficient (Wildman–Crippen LogP) is 3.91. The van der Waals surface area contributed by atoms with Crippen LogP contribution in [-0.4, -0.2) is 84.3 Å². The number of morpholine rings is 1. The number of methoxy groups -OCH3 is 1. The van der Waals surface area contributed by atoms with E-state index in [-0.39, 0.29) is 24.3 Å². The Morgan fingerprint density at radius 3 is 2.49 bits per heavy atom. The van der Waals surface area contributed by atoms with Crippen LogP contribution < -0.4 is 5.32 Å². The number of hydrogen-bond donors (Lipinski definition) is 1. The minimum atomic E-state index is -0.959. The molecule has 0 saturated carbocycles. The molecule has 2 heterocycles. The second-order valence-electron chi connectivity index (χ2n) is 11.3. The van der Waals surface area contributed by atoms with Gasteiger partial charge in [0.15, 0.2) is 0 Å². The fourth-order valence-corrected chi connectivity index (χ4v) is 5.28. The third-order valence-electron chi connectivity index (χ3n) is 7.21. The van der Waals surface area contributed by atoms with E-state index in [1.165, 1.54) is 19.1 Å². The first-order valence-electron chi connectivity index (χ1n) is 13.6. The van der Waals surface area contributed by atoms with Gasteiger partial charge in [-0.05, 0) is 77.1 Å². The van der Waals surface area contributed by atoms with Crippen LogP contribution >= 0.6 is 0 Å². The van der Waals surface area contributed by atoms with Crippen LogP contribution in [0.25, 0.3) is 0 Å². The van der Waals surface area contributed by atoms with E-state index in [4.69, 9.17) is 14.2 Å². The SMILES string of the molecule is COC(=O)c1ccc(NC(=O)CC2OC3CN(C(=O)OC(C)(C)C)CC3N(CCC3=CCCCC3)C2=O)cc1. The Hall–Kier alpha value is -3.40. The van der Waals surface area contributed by atoms with E-state index >= 15 is 0 Å². The van der Waals surface area contributed by atoms with Gasteiger partial charge in [0.25, 0.3) is 5.91 Å². The van der Waals surface area contributed by atoms with Gasteiger partial charge in [0.2, 0.25) is 5.91 Å². The highest BCUT2D eigenvalue weighted by molar-refractivity contribution is 5.96. The van der Waals surface area contributed by atoms with E-state index in [2.05, 4.69) is 11.4 Å². The summed E-state index contributed by atoms with van der Waals surface area (Å²) >= 11 is 0. The highest BCUT2D eigenvalue weighted by atomic mass is 16.6. The van der Waals surface area contributed by atoms with Crippen LogP contribution in [0.3, 0.4) is 0 Å². The lowest BCUT2D eigenvalue weighted by Gasteiger charge is -2.40. The van der Waals surface area contributed by atoms with E-state index in [1.807, 2.05) is 20.8 Å². The smallest absolute Gasteiger partial charge is 0.410 e. The van der Waals surface area contributed by atoms with Gasteiger partial charge in [-0.3, -0.25) is 9.59 Å². The van der Waals surface area contributed by atoms with Gasteiger partial charge in [-0.1, -0.05) is 11.6 Å². The number of esters is 1. The molecule has 0 bridgehead atoms. The molecule has 4 rings (SSSR count). The molecule has 2 saturated heterocycles. The van der Waals surface area contributed by atoms with Crippen LogP contribution in [0, 0.1) is 0 Å². The molecule has 1 N–H and O–H groups in total. The normalized spacial score (nSPS) is 23.1. The number of benzene rings is 1. The van der Waals surface area contributed by atoms with Crippen LogP contribution in [0.5, 0.6) is 0 Å². The van der Waals surface area contributed by atoms with Gasteiger partial charge in [0.1, 0.15) is 11.7 Å².